The zero-order chi connectivity index (χ0) is 12.9. The Bertz CT molecular complexity index is 632. The zero-order valence-electron chi connectivity index (χ0n) is 10.5. The molecule has 0 N–H and O–H groups in total. The number of aromatic nitrogens is 4. The molecule has 19 heavy (non-hydrogen) atoms. The molecule has 94 valence electrons. The van der Waals surface area contributed by atoms with Gasteiger partial charge in [0.25, 0.3) is 0 Å². The SMILES string of the molecule is c1ccc(-n2cc(CCc3ccncc3)nn2)cc1. The lowest BCUT2D eigenvalue weighted by Crippen LogP contribution is -1.93. The summed E-state index contributed by atoms with van der Waals surface area (Å²) in [6.45, 7) is 0. The second kappa shape index (κ2) is 5.44. The molecule has 2 heterocycles. The third kappa shape index (κ3) is 2.85. The first kappa shape index (κ1) is 11.6. The van der Waals surface area contributed by atoms with Crippen LogP contribution in [-0.4, -0.2) is 20.0 Å². The minimum Gasteiger partial charge on any atom is -0.265 e. The Morgan fingerprint density at radius 1 is 0.895 bits per heavy atom. The number of hydrogen-bond donors (Lipinski definition) is 0. The average molecular weight is 250 g/mol. The monoisotopic (exact) mass is 250 g/mol. The maximum Gasteiger partial charge on any atom is 0.0835 e. The van der Waals surface area contributed by atoms with Crippen molar-refractivity contribution in [3.63, 3.8) is 0 Å². The van der Waals surface area contributed by atoms with E-state index in [0.29, 0.717) is 0 Å². The molecular weight excluding hydrogens is 236 g/mol. The van der Waals surface area contributed by atoms with Crippen molar-refractivity contribution in [3.8, 4) is 5.69 Å². The number of rotatable bonds is 4. The van der Waals surface area contributed by atoms with Crippen LogP contribution in [0.25, 0.3) is 5.69 Å². The van der Waals surface area contributed by atoms with Gasteiger partial charge in [-0.1, -0.05) is 23.4 Å². The molecule has 1 aromatic carbocycles. The van der Waals surface area contributed by atoms with E-state index in [2.05, 4.69) is 15.3 Å². The summed E-state index contributed by atoms with van der Waals surface area (Å²) in [5, 5.41) is 8.36. The summed E-state index contributed by atoms with van der Waals surface area (Å²) in [7, 11) is 0. The lowest BCUT2D eigenvalue weighted by Gasteiger charge is -1.98. The minimum absolute atomic E-state index is 0.886. The molecule has 0 aliphatic rings. The van der Waals surface area contributed by atoms with E-state index >= 15 is 0 Å². The van der Waals surface area contributed by atoms with Crippen LogP contribution in [0.3, 0.4) is 0 Å². The third-order valence-electron chi connectivity index (χ3n) is 2.98. The third-order valence-corrected chi connectivity index (χ3v) is 2.98. The average Bonchev–Trinajstić information content (AvgIpc) is 2.96. The second-order valence-electron chi connectivity index (χ2n) is 4.35. The van der Waals surface area contributed by atoms with Crippen LogP contribution in [-0.2, 0) is 12.8 Å². The molecule has 0 aliphatic carbocycles. The van der Waals surface area contributed by atoms with Gasteiger partial charge in [-0.05, 0) is 42.7 Å². The van der Waals surface area contributed by atoms with Crippen LogP contribution >= 0.6 is 0 Å². The van der Waals surface area contributed by atoms with E-state index in [1.165, 1.54) is 5.56 Å². The van der Waals surface area contributed by atoms with E-state index in [-0.39, 0.29) is 0 Å². The van der Waals surface area contributed by atoms with Gasteiger partial charge in [0.15, 0.2) is 0 Å². The number of hydrogen-bond acceptors (Lipinski definition) is 3. The maximum absolute atomic E-state index is 4.20. The minimum atomic E-state index is 0.886. The van der Waals surface area contributed by atoms with Gasteiger partial charge in [0, 0.05) is 12.4 Å². The molecule has 0 saturated heterocycles. The Kier molecular flexibility index (Phi) is 3.32. The molecule has 3 aromatic rings. The Morgan fingerprint density at radius 3 is 2.47 bits per heavy atom. The van der Waals surface area contributed by atoms with E-state index in [0.717, 1.165) is 24.2 Å². The predicted octanol–water partition coefficient (Wildman–Crippen LogP) is 2.45. The van der Waals surface area contributed by atoms with E-state index in [1.54, 1.807) is 0 Å². The molecule has 2 aromatic heterocycles. The number of pyridine rings is 1. The van der Waals surface area contributed by atoms with Crippen molar-refractivity contribution in [2.75, 3.05) is 0 Å². The highest BCUT2D eigenvalue weighted by molar-refractivity contribution is 5.30. The fraction of sp³-hybridized carbons (Fsp3) is 0.133. The van der Waals surface area contributed by atoms with Crippen LogP contribution in [0.5, 0.6) is 0 Å². The molecule has 0 saturated carbocycles. The molecule has 4 heteroatoms. The molecule has 0 unspecified atom stereocenters. The van der Waals surface area contributed by atoms with Crippen LogP contribution in [0.15, 0.2) is 61.1 Å². The number of aryl methyl sites for hydroxylation is 2. The van der Waals surface area contributed by atoms with Crippen LogP contribution in [0.2, 0.25) is 0 Å². The quantitative estimate of drug-likeness (QED) is 0.714. The lowest BCUT2D eigenvalue weighted by atomic mass is 10.1. The summed E-state index contributed by atoms with van der Waals surface area (Å²) in [4.78, 5) is 4.01. The summed E-state index contributed by atoms with van der Waals surface area (Å²) in [6.07, 6.45) is 7.45. The van der Waals surface area contributed by atoms with Gasteiger partial charge in [0.1, 0.15) is 0 Å². The number of nitrogens with zero attached hydrogens (tertiary/aromatic N) is 4. The van der Waals surface area contributed by atoms with Crippen molar-refractivity contribution >= 4 is 0 Å². The van der Waals surface area contributed by atoms with Crippen LogP contribution in [0.4, 0.5) is 0 Å². The lowest BCUT2D eigenvalue weighted by molar-refractivity contribution is 0.794. The summed E-state index contributed by atoms with van der Waals surface area (Å²) in [5.74, 6) is 0. The van der Waals surface area contributed by atoms with Crippen molar-refractivity contribution in [2.45, 2.75) is 12.8 Å². The fourth-order valence-corrected chi connectivity index (χ4v) is 1.94. The molecular formula is C15H14N4. The second-order valence-corrected chi connectivity index (χ2v) is 4.35. The Hall–Kier alpha value is -2.49. The summed E-state index contributed by atoms with van der Waals surface area (Å²) >= 11 is 0. The van der Waals surface area contributed by atoms with Gasteiger partial charge >= 0.3 is 0 Å². The fourth-order valence-electron chi connectivity index (χ4n) is 1.94. The Labute approximate surface area is 111 Å². The molecule has 0 bridgehead atoms. The van der Waals surface area contributed by atoms with Crippen LogP contribution in [0.1, 0.15) is 11.3 Å². The highest BCUT2D eigenvalue weighted by atomic mass is 15.4. The van der Waals surface area contributed by atoms with Gasteiger partial charge in [0.05, 0.1) is 17.6 Å². The summed E-state index contributed by atoms with van der Waals surface area (Å²) in [6, 6.07) is 14.1. The maximum atomic E-state index is 4.20. The number of benzene rings is 1. The van der Waals surface area contributed by atoms with E-state index < -0.39 is 0 Å². The first-order valence-electron chi connectivity index (χ1n) is 6.27. The molecule has 4 nitrogen and oxygen atoms in total. The first-order valence-corrected chi connectivity index (χ1v) is 6.27. The molecule has 0 fully saturated rings. The Balaban J connectivity index is 1.69. The van der Waals surface area contributed by atoms with Gasteiger partial charge in [-0.15, -0.1) is 5.10 Å². The van der Waals surface area contributed by atoms with Gasteiger partial charge in [-0.3, -0.25) is 4.98 Å². The highest BCUT2D eigenvalue weighted by Crippen LogP contribution is 2.08. The topological polar surface area (TPSA) is 43.6 Å². The van der Waals surface area contributed by atoms with Gasteiger partial charge in [-0.2, -0.15) is 0 Å². The van der Waals surface area contributed by atoms with E-state index in [1.807, 2.05) is 65.7 Å². The van der Waals surface area contributed by atoms with Gasteiger partial charge in [0.2, 0.25) is 0 Å². The standard InChI is InChI=1S/C15H14N4/c1-2-4-15(5-3-1)19-12-14(17-18-19)7-6-13-8-10-16-11-9-13/h1-5,8-12H,6-7H2. The largest absolute Gasteiger partial charge is 0.265 e. The van der Waals surface area contributed by atoms with Crippen LogP contribution in [0, 0.1) is 0 Å². The first-order chi connectivity index (χ1) is 9.42. The van der Waals surface area contributed by atoms with Gasteiger partial charge in [-0.25, -0.2) is 4.68 Å². The Morgan fingerprint density at radius 2 is 1.68 bits per heavy atom. The number of para-hydroxylation sites is 1. The van der Waals surface area contributed by atoms with E-state index in [4.69, 9.17) is 0 Å². The van der Waals surface area contributed by atoms with E-state index in [9.17, 15) is 0 Å². The normalized spacial score (nSPS) is 10.5. The summed E-state index contributed by atoms with van der Waals surface area (Å²) < 4.78 is 1.81. The molecule has 0 amide bonds. The summed E-state index contributed by atoms with van der Waals surface area (Å²) in [5.41, 5.74) is 3.30. The van der Waals surface area contributed by atoms with Crippen molar-refractivity contribution in [2.24, 2.45) is 0 Å². The smallest absolute Gasteiger partial charge is 0.0835 e. The van der Waals surface area contributed by atoms with Crippen molar-refractivity contribution in [3.05, 3.63) is 72.3 Å². The van der Waals surface area contributed by atoms with Crippen molar-refractivity contribution in [1.82, 2.24) is 20.0 Å². The van der Waals surface area contributed by atoms with Crippen LogP contribution < -0.4 is 0 Å². The van der Waals surface area contributed by atoms with Crippen molar-refractivity contribution < 1.29 is 0 Å². The highest BCUT2D eigenvalue weighted by Gasteiger charge is 2.02. The zero-order valence-corrected chi connectivity index (χ0v) is 10.5. The molecule has 0 aliphatic heterocycles. The molecule has 3 rings (SSSR count). The molecule has 0 atom stereocenters. The van der Waals surface area contributed by atoms with Crippen molar-refractivity contribution in [1.29, 1.82) is 0 Å². The molecule has 0 radical (unpaired) electrons. The predicted molar refractivity (Wildman–Crippen MR) is 73.0 cm³/mol. The van der Waals surface area contributed by atoms with Gasteiger partial charge < -0.3 is 0 Å². The molecule has 0 spiro atoms.